The molecular formula is C42H84N2O6P+. The molecule has 3 N–H and O–H groups in total. The van der Waals surface area contributed by atoms with Crippen molar-refractivity contribution in [1.82, 2.24) is 5.32 Å². The maximum Gasteiger partial charge on any atom is 0.472 e. The van der Waals surface area contributed by atoms with E-state index in [2.05, 4.69) is 43.5 Å². The third kappa shape index (κ3) is 37.1. The molecule has 0 radical (unpaired) electrons. The average Bonchev–Trinajstić information content (AvgIpc) is 3.07. The molecule has 1 amide bonds. The molecule has 0 aromatic rings. The SMILES string of the molecule is CCCC/C=C\C/C=C\CCCCCCCC(=O)NC(COP(=O)(O)OCC[N+](C)(C)C)C(O)CCCCCCCCCCCCCCCCC. The molecule has 3 atom stereocenters. The van der Waals surface area contributed by atoms with Crippen LogP contribution < -0.4 is 5.32 Å². The fourth-order valence-corrected chi connectivity index (χ4v) is 6.74. The molecule has 302 valence electrons. The number of unbranched alkanes of at least 4 members (excludes halogenated alkanes) is 21. The van der Waals surface area contributed by atoms with Crippen LogP contribution in [0.25, 0.3) is 0 Å². The summed E-state index contributed by atoms with van der Waals surface area (Å²) in [7, 11) is 1.60. The van der Waals surface area contributed by atoms with Crippen molar-refractivity contribution in [2.45, 2.75) is 199 Å². The quantitative estimate of drug-likeness (QED) is 0.0252. The molecule has 0 spiro atoms. The molecule has 8 nitrogen and oxygen atoms in total. The molecule has 3 unspecified atom stereocenters. The molecule has 0 fully saturated rings. The van der Waals surface area contributed by atoms with Crippen LogP contribution in [0.1, 0.15) is 187 Å². The highest BCUT2D eigenvalue weighted by Crippen LogP contribution is 2.43. The zero-order valence-corrected chi connectivity index (χ0v) is 35.0. The van der Waals surface area contributed by atoms with E-state index in [9.17, 15) is 19.4 Å². The lowest BCUT2D eigenvalue weighted by atomic mass is 10.0. The second kappa shape index (κ2) is 34.7. The molecule has 0 aromatic carbocycles. The summed E-state index contributed by atoms with van der Waals surface area (Å²) in [5.74, 6) is -0.159. The molecule has 0 aliphatic rings. The van der Waals surface area contributed by atoms with Gasteiger partial charge in [-0.1, -0.05) is 167 Å². The number of likely N-dealkylation sites (N-methyl/N-ethyl adjacent to an activating group) is 1. The fourth-order valence-electron chi connectivity index (χ4n) is 6.00. The van der Waals surface area contributed by atoms with Crippen LogP contribution in [0.4, 0.5) is 0 Å². The zero-order valence-electron chi connectivity index (χ0n) is 34.1. The van der Waals surface area contributed by atoms with Crippen molar-refractivity contribution in [1.29, 1.82) is 0 Å². The van der Waals surface area contributed by atoms with Crippen LogP contribution in [0.15, 0.2) is 24.3 Å². The molecule has 0 rings (SSSR count). The second-order valence-electron chi connectivity index (χ2n) is 15.7. The van der Waals surface area contributed by atoms with Crippen molar-refractivity contribution in [2.24, 2.45) is 0 Å². The monoisotopic (exact) mass is 744 g/mol. The predicted octanol–water partition coefficient (Wildman–Crippen LogP) is 11.4. The Morgan fingerprint density at radius 2 is 1.14 bits per heavy atom. The number of amides is 1. The van der Waals surface area contributed by atoms with Gasteiger partial charge in [-0.05, 0) is 38.5 Å². The standard InChI is InChI=1S/C42H83N2O6P/c1-6-8-10-12-14-16-18-20-22-23-25-27-29-31-33-35-41(45)40(39-50-51(47,48)49-38-37-44(3,4)5)43-42(46)36-34-32-30-28-26-24-21-19-17-15-13-11-9-7-2/h13,15,19,21,40-41,45H,6-12,14,16-18,20,22-39H2,1-5H3,(H-,43,46,47,48)/p+1/b15-13-,21-19-. The van der Waals surface area contributed by atoms with Gasteiger partial charge in [0.25, 0.3) is 0 Å². The lowest BCUT2D eigenvalue weighted by Gasteiger charge is -2.26. The topological polar surface area (TPSA) is 105 Å². The Labute approximate surface area is 315 Å². The number of carbonyl (C=O) groups excluding carboxylic acids is 1. The van der Waals surface area contributed by atoms with E-state index in [1.807, 2.05) is 21.1 Å². The number of aliphatic hydroxyl groups is 1. The Kier molecular flexibility index (Phi) is 34.0. The molecule has 0 heterocycles. The van der Waals surface area contributed by atoms with Crippen LogP contribution in [0, 0.1) is 0 Å². The maximum atomic E-state index is 12.8. The summed E-state index contributed by atoms with van der Waals surface area (Å²) < 4.78 is 23.6. The number of hydrogen-bond acceptors (Lipinski definition) is 5. The van der Waals surface area contributed by atoms with E-state index in [1.54, 1.807) is 0 Å². The highest BCUT2D eigenvalue weighted by atomic mass is 31.2. The number of nitrogens with zero attached hydrogens (tertiary/aromatic N) is 1. The molecule has 0 aromatic heterocycles. The summed E-state index contributed by atoms with van der Waals surface area (Å²) in [6, 6.07) is -0.764. The molecule has 0 aliphatic heterocycles. The maximum absolute atomic E-state index is 12.8. The third-order valence-electron chi connectivity index (χ3n) is 9.45. The number of allylic oxidation sites excluding steroid dienone is 4. The van der Waals surface area contributed by atoms with Crippen LogP contribution in [-0.2, 0) is 18.4 Å². The Bertz CT molecular complexity index is 891. The first-order valence-electron chi connectivity index (χ1n) is 21.2. The van der Waals surface area contributed by atoms with Crippen LogP contribution in [0.5, 0.6) is 0 Å². The normalized spacial score (nSPS) is 14.7. The van der Waals surface area contributed by atoms with Crippen LogP contribution >= 0.6 is 7.82 Å². The smallest absolute Gasteiger partial charge is 0.391 e. The van der Waals surface area contributed by atoms with Crippen molar-refractivity contribution < 1.29 is 32.9 Å². The van der Waals surface area contributed by atoms with Gasteiger partial charge in [0.1, 0.15) is 13.2 Å². The Morgan fingerprint density at radius 3 is 1.67 bits per heavy atom. The van der Waals surface area contributed by atoms with E-state index < -0.39 is 20.0 Å². The molecule has 0 saturated carbocycles. The second-order valence-corrected chi connectivity index (χ2v) is 17.2. The van der Waals surface area contributed by atoms with Gasteiger partial charge in [-0.2, -0.15) is 0 Å². The Morgan fingerprint density at radius 1 is 0.667 bits per heavy atom. The first kappa shape index (κ1) is 50.0. The van der Waals surface area contributed by atoms with Gasteiger partial charge >= 0.3 is 7.82 Å². The number of hydrogen-bond donors (Lipinski definition) is 3. The highest BCUT2D eigenvalue weighted by molar-refractivity contribution is 7.47. The van der Waals surface area contributed by atoms with Gasteiger partial charge in [0.2, 0.25) is 5.91 Å². The Balaban J connectivity index is 4.43. The minimum Gasteiger partial charge on any atom is -0.391 e. The van der Waals surface area contributed by atoms with E-state index in [1.165, 1.54) is 96.3 Å². The van der Waals surface area contributed by atoms with Crippen LogP contribution in [-0.4, -0.2) is 73.4 Å². The molecule has 0 bridgehead atoms. The fraction of sp³-hybridized carbons (Fsp3) is 0.881. The molecular weight excluding hydrogens is 659 g/mol. The first-order chi connectivity index (χ1) is 24.5. The van der Waals surface area contributed by atoms with Gasteiger partial charge < -0.3 is 19.8 Å². The number of carbonyl (C=O) groups is 1. The average molecular weight is 744 g/mol. The summed E-state index contributed by atoms with van der Waals surface area (Å²) in [6.07, 6.45) is 39.1. The minimum atomic E-state index is -4.31. The van der Waals surface area contributed by atoms with E-state index in [0.717, 1.165) is 64.2 Å². The van der Waals surface area contributed by atoms with Crippen molar-refractivity contribution in [3.63, 3.8) is 0 Å². The third-order valence-corrected chi connectivity index (χ3v) is 10.4. The summed E-state index contributed by atoms with van der Waals surface area (Å²) in [5.41, 5.74) is 0. The summed E-state index contributed by atoms with van der Waals surface area (Å²) in [5, 5.41) is 13.9. The van der Waals surface area contributed by atoms with Gasteiger partial charge in [0, 0.05) is 6.42 Å². The minimum absolute atomic E-state index is 0.0722. The molecule has 9 heteroatoms. The largest absolute Gasteiger partial charge is 0.472 e. The number of quaternary nitrogens is 1. The lowest BCUT2D eigenvalue weighted by Crippen LogP contribution is -2.46. The van der Waals surface area contributed by atoms with E-state index in [-0.39, 0.29) is 19.1 Å². The van der Waals surface area contributed by atoms with Crippen molar-refractivity contribution >= 4 is 13.7 Å². The van der Waals surface area contributed by atoms with E-state index in [4.69, 9.17) is 9.05 Å². The lowest BCUT2D eigenvalue weighted by molar-refractivity contribution is -0.870. The predicted molar refractivity (Wildman–Crippen MR) is 217 cm³/mol. The van der Waals surface area contributed by atoms with Crippen molar-refractivity contribution in [2.75, 3.05) is 40.9 Å². The highest BCUT2D eigenvalue weighted by Gasteiger charge is 2.28. The number of rotatable bonds is 38. The van der Waals surface area contributed by atoms with Crippen LogP contribution in [0.3, 0.4) is 0 Å². The summed E-state index contributed by atoms with van der Waals surface area (Å²) >= 11 is 0. The van der Waals surface area contributed by atoms with Crippen molar-refractivity contribution in [3.05, 3.63) is 24.3 Å². The van der Waals surface area contributed by atoms with E-state index in [0.29, 0.717) is 23.9 Å². The number of aliphatic hydroxyl groups excluding tert-OH is 1. The van der Waals surface area contributed by atoms with E-state index >= 15 is 0 Å². The van der Waals surface area contributed by atoms with Gasteiger partial charge in [-0.15, -0.1) is 0 Å². The Hall–Kier alpha value is -1.02. The number of nitrogens with one attached hydrogen (secondary N) is 1. The zero-order chi connectivity index (χ0) is 37.9. The molecule has 0 saturated heterocycles. The number of phosphoric ester groups is 1. The summed E-state index contributed by atoms with van der Waals surface area (Å²) in [4.78, 5) is 23.1. The first-order valence-corrected chi connectivity index (χ1v) is 22.7. The number of phosphoric acid groups is 1. The van der Waals surface area contributed by atoms with Crippen LogP contribution in [0.2, 0.25) is 0 Å². The molecule has 51 heavy (non-hydrogen) atoms. The summed E-state index contributed by atoms with van der Waals surface area (Å²) in [6.45, 7) is 4.83. The van der Waals surface area contributed by atoms with Gasteiger partial charge in [-0.3, -0.25) is 13.8 Å². The molecule has 0 aliphatic carbocycles. The van der Waals surface area contributed by atoms with Gasteiger partial charge in [0.05, 0.1) is 39.9 Å². The van der Waals surface area contributed by atoms with Gasteiger partial charge in [0.15, 0.2) is 0 Å². The van der Waals surface area contributed by atoms with Crippen molar-refractivity contribution in [3.8, 4) is 0 Å². The van der Waals surface area contributed by atoms with Gasteiger partial charge in [-0.25, -0.2) is 4.57 Å².